The van der Waals surface area contributed by atoms with Crippen molar-refractivity contribution in [3.8, 4) is 0 Å². The van der Waals surface area contributed by atoms with Gasteiger partial charge in [0.1, 0.15) is 5.82 Å². The lowest BCUT2D eigenvalue weighted by Gasteiger charge is -1.97. The molecule has 1 aromatic heterocycles. The second-order valence-electron chi connectivity index (χ2n) is 3.37. The molecule has 0 saturated heterocycles. The SMILES string of the molecule is Cn1cc2c(C=CC(=O)O)c(F)ccc2n1. The van der Waals surface area contributed by atoms with E-state index in [4.69, 9.17) is 5.11 Å². The van der Waals surface area contributed by atoms with Gasteiger partial charge in [-0.3, -0.25) is 4.68 Å². The number of aliphatic carboxylic acids is 1. The lowest BCUT2D eigenvalue weighted by atomic mass is 10.1. The van der Waals surface area contributed by atoms with Gasteiger partial charge in [-0.15, -0.1) is 0 Å². The minimum atomic E-state index is -1.11. The molecule has 1 heterocycles. The first-order valence-electron chi connectivity index (χ1n) is 4.61. The molecule has 1 aromatic carbocycles. The first-order valence-corrected chi connectivity index (χ1v) is 4.61. The molecule has 5 heteroatoms. The fraction of sp³-hybridized carbons (Fsp3) is 0.0909. The normalized spacial score (nSPS) is 11.4. The van der Waals surface area contributed by atoms with E-state index >= 15 is 0 Å². The molecule has 1 N–H and O–H groups in total. The lowest BCUT2D eigenvalue weighted by Crippen LogP contribution is -1.88. The number of halogens is 1. The summed E-state index contributed by atoms with van der Waals surface area (Å²) in [6.07, 6.45) is 3.80. The Morgan fingerprint density at radius 1 is 1.56 bits per heavy atom. The van der Waals surface area contributed by atoms with Crippen molar-refractivity contribution in [2.75, 3.05) is 0 Å². The molecule has 0 aliphatic heterocycles. The lowest BCUT2D eigenvalue weighted by molar-refractivity contribution is -0.131. The second-order valence-corrected chi connectivity index (χ2v) is 3.37. The zero-order valence-electron chi connectivity index (χ0n) is 8.51. The molecule has 0 unspecified atom stereocenters. The smallest absolute Gasteiger partial charge is 0.328 e. The highest BCUT2D eigenvalue weighted by Gasteiger charge is 2.07. The third-order valence-corrected chi connectivity index (χ3v) is 2.18. The van der Waals surface area contributed by atoms with Crippen molar-refractivity contribution < 1.29 is 14.3 Å². The number of carboxylic acid groups (broad SMARTS) is 1. The number of carboxylic acids is 1. The van der Waals surface area contributed by atoms with E-state index in [1.807, 2.05) is 0 Å². The Bertz CT molecular complexity index is 587. The Hall–Kier alpha value is -2.17. The van der Waals surface area contributed by atoms with Crippen LogP contribution in [-0.4, -0.2) is 20.9 Å². The molecule has 82 valence electrons. The van der Waals surface area contributed by atoms with Crippen molar-refractivity contribution in [3.63, 3.8) is 0 Å². The molecule has 0 saturated carbocycles. The topological polar surface area (TPSA) is 55.1 Å². The van der Waals surface area contributed by atoms with Crippen LogP contribution in [0.1, 0.15) is 5.56 Å². The predicted molar refractivity (Wildman–Crippen MR) is 57.3 cm³/mol. The van der Waals surface area contributed by atoms with E-state index in [-0.39, 0.29) is 5.56 Å². The summed E-state index contributed by atoms with van der Waals surface area (Å²) in [5.41, 5.74) is 0.877. The molecule has 0 aliphatic carbocycles. The molecule has 0 amide bonds. The van der Waals surface area contributed by atoms with Crippen LogP contribution in [0.4, 0.5) is 4.39 Å². The summed E-state index contributed by atoms with van der Waals surface area (Å²) < 4.78 is 15.1. The van der Waals surface area contributed by atoms with Crippen molar-refractivity contribution in [1.29, 1.82) is 0 Å². The third kappa shape index (κ3) is 1.79. The average molecular weight is 220 g/mol. The van der Waals surface area contributed by atoms with Crippen LogP contribution in [0.2, 0.25) is 0 Å². The number of nitrogens with zero attached hydrogens (tertiary/aromatic N) is 2. The van der Waals surface area contributed by atoms with Crippen molar-refractivity contribution >= 4 is 22.9 Å². The maximum Gasteiger partial charge on any atom is 0.328 e. The van der Waals surface area contributed by atoms with Crippen molar-refractivity contribution in [2.45, 2.75) is 0 Å². The van der Waals surface area contributed by atoms with Crippen LogP contribution < -0.4 is 0 Å². The van der Waals surface area contributed by atoms with Gasteiger partial charge in [-0.2, -0.15) is 5.10 Å². The predicted octanol–water partition coefficient (Wildman–Crippen LogP) is 1.81. The van der Waals surface area contributed by atoms with Crippen LogP contribution in [-0.2, 0) is 11.8 Å². The van der Waals surface area contributed by atoms with Gasteiger partial charge in [0.2, 0.25) is 0 Å². The van der Waals surface area contributed by atoms with Crippen LogP contribution in [0.3, 0.4) is 0 Å². The van der Waals surface area contributed by atoms with Crippen molar-refractivity contribution in [1.82, 2.24) is 9.78 Å². The summed E-state index contributed by atoms with van der Waals surface area (Å²) in [4.78, 5) is 10.4. The highest BCUT2D eigenvalue weighted by molar-refractivity contribution is 5.92. The number of rotatable bonds is 2. The van der Waals surface area contributed by atoms with E-state index in [0.29, 0.717) is 10.9 Å². The van der Waals surface area contributed by atoms with Crippen LogP contribution in [0.5, 0.6) is 0 Å². The highest BCUT2D eigenvalue weighted by Crippen LogP contribution is 2.21. The third-order valence-electron chi connectivity index (χ3n) is 2.18. The maximum atomic E-state index is 13.5. The standard InChI is InChI=1S/C11H9FN2O2/c1-14-6-8-7(2-5-11(15)16)9(12)3-4-10(8)13-14/h2-6H,1H3,(H,15,16). The van der Waals surface area contributed by atoms with Crippen LogP contribution in [0.15, 0.2) is 24.4 Å². The molecule has 0 radical (unpaired) electrons. The molecular weight excluding hydrogens is 211 g/mol. The molecule has 4 nitrogen and oxygen atoms in total. The fourth-order valence-electron chi connectivity index (χ4n) is 1.53. The van der Waals surface area contributed by atoms with E-state index < -0.39 is 11.8 Å². The molecular formula is C11H9FN2O2. The van der Waals surface area contributed by atoms with Crippen LogP contribution in [0.25, 0.3) is 17.0 Å². The molecule has 0 spiro atoms. The molecule has 0 aliphatic rings. The fourth-order valence-corrected chi connectivity index (χ4v) is 1.53. The van der Waals surface area contributed by atoms with Crippen molar-refractivity contribution in [2.24, 2.45) is 7.05 Å². The average Bonchev–Trinajstić information content (AvgIpc) is 2.57. The van der Waals surface area contributed by atoms with Gasteiger partial charge in [0.15, 0.2) is 0 Å². The van der Waals surface area contributed by atoms with Gasteiger partial charge in [-0.05, 0) is 18.2 Å². The second kappa shape index (κ2) is 3.77. The number of aromatic nitrogens is 2. The number of benzene rings is 1. The number of hydrogen-bond donors (Lipinski definition) is 1. The summed E-state index contributed by atoms with van der Waals surface area (Å²) >= 11 is 0. The van der Waals surface area contributed by atoms with Crippen LogP contribution >= 0.6 is 0 Å². The Labute approximate surface area is 90.6 Å². The number of hydrogen-bond acceptors (Lipinski definition) is 2. The summed E-state index contributed by atoms with van der Waals surface area (Å²) in [6, 6.07) is 2.83. The summed E-state index contributed by atoms with van der Waals surface area (Å²) in [7, 11) is 1.72. The van der Waals surface area contributed by atoms with Crippen LogP contribution in [0, 0.1) is 5.82 Å². The minimum Gasteiger partial charge on any atom is -0.478 e. The quantitative estimate of drug-likeness (QED) is 0.785. The van der Waals surface area contributed by atoms with Gasteiger partial charge in [0.05, 0.1) is 5.52 Å². The summed E-state index contributed by atoms with van der Waals surface area (Å²) in [6.45, 7) is 0. The first kappa shape index (κ1) is 10.4. The van der Waals surface area contributed by atoms with Gasteiger partial charge in [-0.25, -0.2) is 9.18 Å². The summed E-state index contributed by atoms with van der Waals surface area (Å²) in [5.74, 6) is -1.57. The van der Waals surface area contributed by atoms with Gasteiger partial charge in [0.25, 0.3) is 0 Å². The molecule has 2 rings (SSSR count). The van der Waals surface area contributed by atoms with Gasteiger partial charge in [0, 0.05) is 30.3 Å². The molecule has 0 atom stereocenters. The van der Waals surface area contributed by atoms with E-state index in [9.17, 15) is 9.18 Å². The van der Waals surface area contributed by atoms with E-state index in [2.05, 4.69) is 5.10 Å². The van der Waals surface area contributed by atoms with Gasteiger partial charge < -0.3 is 5.11 Å². The van der Waals surface area contributed by atoms with Gasteiger partial charge >= 0.3 is 5.97 Å². The number of fused-ring (bicyclic) bond motifs is 1. The summed E-state index contributed by atoms with van der Waals surface area (Å²) in [5, 5.41) is 13.2. The Balaban J connectivity index is 2.65. The Morgan fingerprint density at radius 2 is 2.31 bits per heavy atom. The van der Waals surface area contributed by atoms with E-state index in [0.717, 1.165) is 6.08 Å². The molecule has 0 fully saturated rings. The Kier molecular flexibility index (Phi) is 2.44. The van der Waals surface area contributed by atoms with Crippen molar-refractivity contribution in [3.05, 3.63) is 35.8 Å². The van der Waals surface area contributed by atoms with E-state index in [1.54, 1.807) is 24.0 Å². The monoisotopic (exact) mass is 220 g/mol. The molecule has 0 bridgehead atoms. The number of aryl methyl sites for hydroxylation is 1. The molecule has 16 heavy (non-hydrogen) atoms. The van der Waals surface area contributed by atoms with E-state index in [1.165, 1.54) is 12.1 Å². The highest BCUT2D eigenvalue weighted by atomic mass is 19.1. The zero-order chi connectivity index (χ0) is 11.7. The minimum absolute atomic E-state index is 0.244. The largest absolute Gasteiger partial charge is 0.478 e. The number of carbonyl (C=O) groups is 1. The first-order chi connectivity index (χ1) is 7.58. The Morgan fingerprint density at radius 3 is 3.00 bits per heavy atom. The zero-order valence-corrected chi connectivity index (χ0v) is 8.51. The van der Waals surface area contributed by atoms with Gasteiger partial charge in [-0.1, -0.05) is 0 Å². The maximum absolute atomic E-state index is 13.5. The molecule has 2 aromatic rings.